The summed E-state index contributed by atoms with van der Waals surface area (Å²) < 4.78 is 26.6. The fourth-order valence-electron chi connectivity index (χ4n) is 1.17. The van der Waals surface area contributed by atoms with Gasteiger partial charge in [0.15, 0.2) is 5.25 Å². The van der Waals surface area contributed by atoms with E-state index in [0.717, 1.165) is 4.47 Å². The van der Waals surface area contributed by atoms with Crippen molar-refractivity contribution >= 4 is 31.6 Å². The number of anilines is 1. The first-order valence-electron chi connectivity index (χ1n) is 4.66. The molecule has 0 saturated carbocycles. The van der Waals surface area contributed by atoms with Gasteiger partial charge < -0.3 is 0 Å². The Hall–Kier alpha value is -1.06. The van der Waals surface area contributed by atoms with Gasteiger partial charge in [-0.05, 0) is 24.6 Å². The predicted octanol–water partition coefficient (Wildman–Crippen LogP) is 2.49. The van der Waals surface area contributed by atoms with Crippen LogP contribution in [0.3, 0.4) is 0 Å². The number of nitriles is 1. The Morgan fingerprint density at radius 1 is 1.56 bits per heavy atom. The van der Waals surface area contributed by atoms with Gasteiger partial charge in [-0.1, -0.05) is 28.9 Å². The first kappa shape index (κ1) is 13.0. The van der Waals surface area contributed by atoms with Crippen molar-refractivity contribution in [2.75, 3.05) is 4.72 Å². The maximum Gasteiger partial charge on any atom is 0.249 e. The molecule has 0 aliphatic carbocycles. The van der Waals surface area contributed by atoms with Crippen LogP contribution in [0.25, 0.3) is 0 Å². The van der Waals surface area contributed by atoms with Crippen LogP contribution in [0.5, 0.6) is 0 Å². The lowest BCUT2D eigenvalue weighted by Gasteiger charge is -2.11. The average molecular weight is 303 g/mol. The van der Waals surface area contributed by atoms with Crippen molar-refractivity contribution in [3.8, 4) is 6.07 Å². The summed E-state index contributed by atoms with van der Waals surface area (Å²) in [5, 5.41) is 7.69. The van der Waals surface area contributed by atoms with Crippen LogP contribution in [0.4, 0.5) is 5.69 Å². The molecule has 86 valence electrons. The van der Waals surface area contributed by atoms with Crippen LogP contribution in [-0.4, -0.2) is 13.7 Å². The van der Waals surface area contributed by atoms with E-state index >= 15 is 0 Å². The number of hydrogen-bond acceptors (Lipinski definition) is 3. The van der Waals surface area contributed by atoms with Gasteiger partial charge in [0.05, 0.1) is 6.07 Å². The van der Waals surface area contributed by atoms with E-state index in [1.54, 1.807) is 37.3 Å². The molecule has 1 rings (SSSR count). The highest BCUT2D eigenvalue weighted by Gasteiger charge is 2.23. The van der Waals surface area contributed by atoms with Crippen molar-refractivity contribution in [2.24, 2.45) is 0 Å². The molecule has 1 aromatic rings. The summed E-state index contributed by atoms with van der Waals surface area (Å²) in [6.07, 6.45) is 0.264. The Kier molecular flexibility index (Phi) is 4.33. The highest BCUT2D eigenvalue weighted by molar-refractivity contribution is 9.10. The summed E-state index contributed by atoms with van der Waals surface area (Å²) >= 11 is 3.24. The molecular weight excluding hydrogens is 292 g/mol. The second-order valence-electron chi connectivity index (χ2n) is 3.18. The molecule has 0 amide bonds. The molecule has 1 aromatic carbocycles. The first-order valence-corrected chi connectivity index (χ1v) is 7.00. The largest absolute Gasteiger partial charge is 0.282 e. The molecule has 0 saturated heterocycles. The van der Waals surface area contributed by atoms with Crippen LogP contribution in [0, 0.1) is 11.3 Å². The van der Waals surface area contributed by atoms with Crippen molar-refractivity contribution in [2.45, 2.75) is 18.6 Å². The third kappa shape index (κ3) is 3.22. The second-order valence-corrected chi connectivity index (χ2v) is 5.96. The quantitative estimate of drug-likeness (QED) is 0.929. The van der Waals surface area contributed by atoms with Gasteiger partial charge in [-0.3, -0.25) is 4.72 Å². The van der Waals surface area contributed by atoms with Gasteiger partial charge in [0, 0.05) is 10.2 Å². The van der Waals surface area contributed by atoms with E-state index in [2.05, 4.69) is 20.7 Å². The first-order chi connectivity index (χ1) is 7.49. The van der Waals surface area contributed by atoms with Crippen molar-refractivity contribution in [1.82, 2.24) is 0 Å². The highest BCUT2D eigenvalue weighted by Crippen LogP contribution is 2.18. The minimum Gasteiger partial charge on any atom is -0.282 e. The Bertz CT molecular complexity index is 508. The molecule has 16 heavy (non-hydrogen) atoms. The van der Waals surface area contributed by atoms with Gasteiger partial charge in [-0.25, -0.2) is 8.42 Å². The molecule has 1 atom stereocenters. The number of hydrogen-bond donors (Lipinski definition) is 1. The standard InChI is InChI=1S/C10H11BrN2O2S/c1-2-10(7-12)16(14,15)13-9-5-3-4-8(11)6-9/h3-6,10,13H,2H2,1H3. The maximum absolute atomic E-state index is 11.7. The predicted molar refractivity (Wildman–Crippen MR) is 66.4 cm³/mol. The lowest BCUT2D eigenvalue weighted by molar-refractivity contribution is 0.593. The number of nitrogens with one attached hydrogen (secondary N) is 1. The molecule has 1 unspecified atom stereocenters. The van der Waals surface area contributed by atoms with E-state index in [1.807, 2.05) is 0 Å². The molecule has 0 radical (unpaired) electrons. The fourth-order valence-corrected chi connectivity index (χ4v) is 2.74. The minimum absolute atomic E-state index is 0.264. The van der Waals surface area contributed by atoms with Crippen LogP contribution < -0.4 is 4.72 Å². The molecular formula is C10H11BrN2O2S. The van der Waals surface area contributed by atoms with Crippen molar-refractivity contribution < 1.29 is 8.42 Å². The highest BCUT2D eigenvalue weighted by atomic mass is 79.9. The third-order valence-electron chi connectivity index (χ3n) is 1.97. The topological polar surface area (TPSA) is 70.0 Å². The van der Waals surface area contributed by atoms with E-state index < -0.39 is 15.3 Å². The summed E-state index contributed by atoms with van der Waals surface area (Å²) in [4.78, 5) is 0. The lowest BCUT2D eigenvalue weighted by Crippen LogP contribution is -2.25. The molecule has 0 aromatic heterocycles. The van der Waals surface area contributed by atoms with Gasteiger partial charge >= 0.3 is 0 Å². The minimum atomic E-state index is -3.62. The Balaban J connectivity index is 2.94. The van der Waals surface area contributed by atoms with Crippen LogP contribution in [0.15, 0.2) is 28.7 Å². The van der Waals surface area contributed by atoms with E-state index in [1.165, 1.54) is 0 Å². The molecule has 0 heterocycles. The van der Waals surface area contributed by atoms with Crippen LogP contribution in [0.2, 0.25) is 0 Å². The number of benzene rings is 1. The zero-order chi connectivity index (χ0) is 12.2. The monoisotopic (exact) mass is 302 g/mol. The van der Waals surface area contributed by atoms with E-state index in [9.17, 15) is 8.42 Å². The molecule has 4 nitrogen and oxygen atoms in total. The molecule has 6 heteroatoms. The Morgan fingerprint density at radius 3 is 2.75 bits per heavy atom. The van der Waals surface area contributed by atoms with Crippen molar-refractivity contribution in [3.05, 3.63) is 28.7 Å². The number of sulfonamides is 1. The Morgan fingerprint density at radius 2 is 2.25 bits per heavy atom. The average Bonchev–Trinajstić information content (AvgIpc) is 2.18. The smallest absolute Gasteiger partial charge is 0.249 e. The molecule has 0 aliphatic heterocycles. The maximum atomic E-state index is 11.7. The van der Waals surface area contributed by atoms with Crippen molar-refractivity contribution in [1.29, 1.82) is 5.26 Å². The summed E-state index contributed by atoms with van der Waals surface area (Å²) in [7, 11) is -3.62. The lowest BCUT2D eigenvalue weighted by atomic mass is 10.3. The molecule has 0 spiro atoms. The number of halogens is 1. The summed E-state index contributed by atoms with van der Waals surface area (Å²) in [6, 6.07) is 8.55. The molecule has 0 bridgehead atoms. The zero-order valence-electron chi connectivity index (χ0n) is 8.64. The molecule has 1 N–H and O–H groups in total. The molecule has 0 aliphatic rings. The number of rotatable bonds is 4. The van der Waals surface area contributed by atoms with Gasteiger partial charge in [-0.15, -0.1) is 0 Å². The summed E-state index contributed by atoms with van der Waals surface area (Å²) in [5.41, 5.74) is 0.447. The fraction of sp³-hybridized carbons (Fsp3) is 0.300. The molecule has 0 fully saturated rings. The second kappa shape index (κ2) is 5.32. The normalized spacial score (nSPS) is 12.8. The van der Waals surface area contributed by atoms with Gasteiger partial charge in [0.2, 0.25) is 10.0 Å². The SMILES string of the molecule is CCC(C#N)S(=O)(=O)Nc1cccc(Br)c1. The van der Waals surface area contributed by atoms with Gasteiger partial charge in [0.25, 0.3) is 0 Å². The summed E-state index contributed by atoms with van der Waals surface area (Å²) in [5.74, 6) is 0. The van der Waals surface area contributed by atoms with Gasteiger partial charge in [-0.2, -0.15) is 5.26 Å². The number of nitrogens with zero attached hydrogens (tertiary/aromatic N) is 1. The van der Waals surface area contributed by atoms with Crippen molar-refractivity contribution in [3.63, 3.8) is 0 Å². The van der Waals surface area contributed by atoms with Crippen LogP contribution >= 0.6 is 15.9 Å². The zero-order valence-corrected chi connectivity index (χ0v) is 11.0. The van der Waals surface area contributed by atoms with Crippen LogP contribution in [-0.2, 0) is 10.0 Å². The van der Waals surface area contributed by atoms with Crippen LogP contribution in [0.1, 0.15) is 13.3 Å². The summed E-state index contributed by atoms with van der Waals surface area (Å²) in [6.45, 7) is 1.66. The third-order valence-corrected chi connectivity index (χ3v) is 4.18. The van der Waals surface area contributed by atoms with E-state index in [4.69, 9.17) is 5.26 Å². The van der Waals surface area contributed by atoms with E-state index in [-0.39, 0.29) is 6.42 Å². The Labute approximate surface area is 103 Å². The van der Waals surface area contributed by atoms with E-state index in [0.29, 0.717) is 5.69 Å². The van der Waals surface area contributed by atoms with Gasteiger partial charge in [0.1, 0.15) is 0 Å².